The van der Waals surface area contributed by atoms with Crippen LogP contribution in [-0.2, 0) is 9.47 Å². The van der Waals surface area contributed by atoms with Crippen LogP contribution >= 0.6 is 23.2 Å². The minimum absolute atomic E-state index is 0.194. The Morgan fingerprint density at radius 1 is 0.867 bits per heavy atom. The maximum atomic E-state index is 12.5. The van der Waals surface area contributed by atoms with Crippen LogP contribution in [0.4, 0.5) is 0 Å². The molecule has 0 spiro atoms. The lowest BCUT2D eigenvalue weighted by Gasteiger charge is -2.10. The van der Waals surface area contributed by atoms with Crippen molar-refractivity contribution in [2.45, 2.75) is 0 Å². The lowest BCUT2D eigenvalue weighted by atomic mass is 10.0. The highest BCUT2D eigenvalue weighted by Gasteiger charge is 2.22. The Bertz CT molecular complexity index is 1050. The number of methoxy groups -OCH3 is 4. The molecule has 0 unspecified atom stereocenters. The van der Waals surface area contributed by atoms with E-state index in [9.17, 15) is 9.59 Å². The van der Waals surface area contributed by atoms with Gasteiger partial charge in [0.2, 0.25) is 0 Å². The van der Waals surface area contributed by atoms with Gasteiger partial charge in [-0.15, -0.1) is 23.2 Å². The molecule has 0 aliphatic heterocycles. The van der Waals surface area contributed by atoms with Gasteiger partial charge in [0.1, 0.15) is 0 Å². The second kappa shape index (κ2) is 10.8. The average molecular weight is 454 g/mol. The van der Waals surface area contributed by atoms with E-state index in [-0.39, 0.29) is 5.34 Å². The smallest absolute Gasteiger partial charge is 0.340 e. The number of rotatable bonds is 5. The van der Waals surface area contributed by atoms with Crippen molar-refractivity contribution >= 4 is 46.0 Å². The lowest BCUT2D eigenvalue weighted by Crippen LogP contribution is -2.04. The van der Waals surface area contributed by atoms with Crippen LogP contribution in [0.3, 0.4) is 0 Å². The first-order valence-corrected chi connectivity index (χ1v) is 9.69. The standard InChI is InChI=1S/C20H19NO6.CH2Cl2/c1-24-15-8-6-11(10-16(15)25-2)18-17(20(23)27-4)13-9-12(19(22)26-3)5-7-14(13)21-18;2-1-3/h5-10,21H,1-4H3;1H2. The number of ether oxygens (including phenoxy) is 4. The average Bonchev–Trinajstić information content (AvgIpc) is 3.16. The van der Waals surface area contributed by atoms with Crippen molar-refractivity contribution in [1.29, 1.82) is 0 Å². The Morgan fingerprint density at radius 2 is 1.50 bits per heavy atom. The summed E-state index contributed by atoms with van der Waals surface area (Å²) in [4.78, 5) is 27.6. The number of nitrogens with one attached hydrogen (secondary N) is 1. The zero-order valence-corrected chi connectivity index (χ0v) is 18.4. The summed E-state index contributed by atoms with van der Waals surface area (Å²) in [6.07, 6.45) is 0. The summed E-state index contributed by atoms with van der Waals surface area (Å²) in [6.45, 7) is 0. The molecule has 30 heavy (non-hydrogen) atoms. The molecule has 7 nitrogen and oxygen atoms in total. The van der Waals surface area contributed by atoms with Gasteiger partial charge in [-0.05, 0) is 36.4 Å². The number of carbonyl (C=O) groups excluding carboxylic acids is 2. The number of esters is 2. The lowest BCUT2D eigenvalue weighted by molar-refractivity contribution is 0.0591. The van der Waals surface area contributed by atoms with Crippen LogP contribution in [0.5, 0.6) is 11.5 Å². The highest BCUT2D eigenvalue weighted by molar-refractivity contribution is 6.40. The van der Waals surface area contributed by atoms with Crippen molar-refractivity contribution in [3.63, 3.8) is 0 Å². The Kier molecular flexibility index (Phi) is 8.38. The van der Waals surface area contributed by atoms with E-state index < -0.39 is 11.9 Å². The van der Waals surface area contributed by atoms with Gasteiger partial charge in [-0.2, -0.15) is 0 Å². The number of fused-ring (bicyclic) bond motifs is 1. The molecular formula is C21H21Cl2NO6. The first kappa shape index (κ1) is 23.4. The van der Waals surface area contributed by atoms with E-state index in [0.29, 0.717) is 44.8 Å². The van der Waals surface area contributed by atoms with Gasteiger partial charge in [0.25, 0.3) is 0 Å². The number of hydrogen-bond acceptors (Lipinski definition) is 6. The Labute approximate surface area is 183 Å². The summed E-state index contributed by atoms with van der Waals surface area (Å²) in [6, 6.07) is 10.3. The molecule has 1 aromatic heterocycles. The van der Waals surface area contributed by atoms with Crippen molar-refractivity contribution in [1.82, 2.24) is 4.98 Å². The molecular weight excluding hydrogens is 433 g/mol. The van der Waals surface area contributed by atoms with Crippen LogP contribution in [0.25, 0.3) is 22.2 Å². The maximum absolute atomic E-state index is 12.5. The number of halogens is 2. The van der Waals surface area contributed by atoms with E-state index in [1.807, 2.05) is 0 Å². The van der Waals surface area contributed by atoms with Crippen molar-refractivity contribution < 1.29 is 28.5 Å². The van der Waals surface area contributed by atoms with Crippen molar-refractivity contribution in [2.75, 3.05) is 33.8 Å². The van der Waals surface area contributed by atoms with Gasteiger partial charge in [-0.1, -0.05) is 0 Å². The van der Waals surface area contributed by atoms with E-state index >= 15 is 0 Å². The summed E-state index contributed by atoms with van der Waals surface area (Å²) in [7, 11) is 5.70. The monoisotopic (exact) mass is 453 g/mol. The molecule has 0 atom stereocenters. The number of alkyl halides is 2. The van der Waals surface area contributed by atoms with Crippen LogP contribution in [0, 0.1) is 0 Å². The van der Waals surface area contributed by atoms with Crippen LogP contribution in [0.2, 0.25) is 0 Å². The predicted octanol–water partition coefficient (Wildman–Crippen LogP) is 4.85. The molecule has 9 heteroatoms. The molecule has 3 aromatic rings. The van der Waals surface area contributed by atoms with E-state index in [0.717, 1.165) is 0 Å². The fourth-order valence-electron chi connectivity index (χ4n) is 2.96. The molecule has 1 heterocycles. The number of aromatic amines is 1. The second-order valence-electron chi connectivity index (χ2n) is 5.79. The fourth-order valence-corrected chi connectivity index (χ4v) is 2.96. The molecule has 0 aliphatic carbocycles. The number of hydrogen-bond donors (Lipinski definition) is 1. The van der Waals surface area contributed by atoms with Crippen LogP contribution < -0.4 is 9.47 Å². The van der Waals surface area contributed by atoms with Gasteiger partial charge in [0, 0.05) is 16.5 Å². The Hall–Kier alpha value is -2.90. The zero-order valence-electron chi connectivity index (χ0n) is 16.9. The summed E-state index contributed by atoms with van der Waals surface area (Å²) < 4.78 is 20.3. The largest absolute Gasteiger partial charge is 0.493 e. The van der Waals surface area contributed by atoms with E-state index in [2.05, 4.69) is 4.98 Å². The van der Waals surface area contributed by atoms with Gasteiger partial charge >= 0.3 is 11.9 Å². The maximum Gasteiger partial charge on any atom is 0.340 e. The number of benzene rings is 2. The van der Waals surface area contributed by atoms with Crippen LogP contribution in [0.15, 0.2) is 36.4 Å². The number of aromatic nitrogens is 1. The first-order chi connectivity index (χ1) is 14.4. The Balaban J connectivity index is 0.00000101. The fraction of sp³-hybridized carbons (Fsp3) is 0.238. The molecule has 160 valence electrons. The van der Waals surface area contributed by atoms with Crippen molar-refractivity contribution in [3.05, 3.63) is 47.5 Å². The van der Waals surface area contributed by atoms with Crippen molar-refractivity contribution in [2.24, 2.45) is 0 Å². The third kappa shape index (κ3) is 4.80. The first-order valence-electron chi connectivity index (χ1n) is 8.62. The normalized spacial score (nSPS) is 10.1. The van der Waals surface area contributed by atoms with E-state index in [4.69, 9.17) is 42.1 Å². The summed E-state index contributed by atoms with van der Waals surface area (Å²) in [5.74, 6) is 0.0966. The third-order valence-electron chi connectivity index (χ3n) is 4.28. The van der Waals surface area contributed by atoms with Gasteiger partial charge < -0.3 is 23.9 Å². The molecule has 0 bridgehead atoms. The van der Waals surface area contributed by atoms with Crippen LogP contribution in [0.1, 0.15) is 20.7 Å². The third-order valence-corrected chi connectivity index (χ3v) is 4.28. The van der Waals surface area contributed by atoms with E-state index in [1.165, 1.54) is 21.3 Å². The minimum atomic E-state index is -0.520. The molecule has 0 saturated heterocycles. The molecule has 0 amide bonds. The molecule has 0 fully saturated rings. The summed E-state index contributed by atoms with van der Waals surface area (Å²) in [5.41, 5.74) is 2.62. The molecule has 2 aromatic carbocycles. The summed E-state index contributed by atoms with van der Waals surface area (Å²) >= 11 is 9.53. The second-order valence-corrected chi connectivity index (χ2v) is 6.60. The topological polar surface area (TPSA) is 86.9 Å². The van der Waals surface area contributed by atoms with Gasteiger partial charge in [-0.25, -0.2) is 9.59 Å². The highest BCUT2D eigenvalue weighted by Crippen LogP contribution is 2.36. The minimum Gasteiger partial charge on any atom is -0.493 e. The zero-order chi connectivity index (χ0) is 22.3. The number of H-pyrrole nitrogens is 1. The van der Waals surface area contributed by atoms with Gasteiger partial charge in [-0.3, -0.25) is 0 Å². The highest BCUT2D eigenvalue weighted by atomic mass is 35.5. The van der Waals surface area contributed by atoms with Gasteiger partial charge in [0.15, 0.2) is 11.5 Å². The summed E-state index contributed by atoms with van der Waals surface area (Å²) in [5, 5.41) is 0.759. The van der Waals surface area contributed by atoms with Crippen molar-refractivity contribution in [3.8, 4) is 22.8 Å². The van der Waals surface area contributed by atoms with Crippen LogP contribution in [-0.4, -0.2) is 50.7 Å². The molecule has 0 aliphatic rings. The predicted molar refractivity (Wildman–Crippen MR) is 116 cm³/mol. The van der Waals surface area contributed by atoms with Gasteiger partial charge in [0.05, 0.1) is 50.6 Å². The Morgan fingerprint density at radius 3 is 2.07 bits per heavy atom. The van der Waals surface area contributed by atoms with E-state index in [1.54, 1.807) is 43.5 Å². The SMILES string of the molecule is COC(=O)c1ccc2[nH]c(-c3ccc(OC)c(OC)c3)c(C(=O)OC)c2c1.ClCCl. The molecule has 0 radical (unpaired) electrons. The molecule has 0 saturated carbocycles. The molecule has 3 rings (SSSR count). The number of carbonyl (C=O) groups is 2. The quantitative estimate of drug-likeness (QED) is 0.438. The molecule has 1 N–H and O–H groups in total.